The number of pyridine rings is 1. The summed E-state index contributed by atoms with van der Waals surface area (Å²) in [6, 6.07) is 1.68. The SMILES string of the molecule is Cc1nc(C(F)(F)F)ccc1C(=O)NC(CC1CC1)c1nnc(SCC2CC2)n1C. The van der Waals surface area contributed by atoms with Gasteiger partial charge in [-0.15, -0.1) is 10.2 Å². The van der Waals surface area contributed by atoms with Crippen molar-refractivity contribution in [1.29, 1.82) is 0 Å². The molecule has 2 heterocycles. The molecule has 1 unspecified atom stereocenters. The van der Waals surface area contributed by atoms with Gasteiger partial charge >= 0.3 is 6.18 Å². The minimum atomic E-state index is -4.54. The molecule has 0 spiro atoms. The normalized spacial score (nSPS) is 17.8. The highest BCUT2D eigenvalue weighted by molar-refractivity contribution is 7.99. The Morgan fingerprint density at radius 3 is 2.53 bits per heavy atom. The largest absolute Gasteiger partial charge is 0.433 e. The van der Waals surface area contributed by atoms with Crippen molar-refractivity contribution in [3.8, 4) is 0 Å². The maximum Gasteiger partial charge on any atom is 0.433 e. The second kappa shape index (κ2) is 8.20. The predicted molar refractivity (Wildman–Crippen MR) is 106 cm³/mol. The first kappa shape index (κ1) is 21.1. The zero-order chi connectivity index (χ0) is 21.5. The molecule has 0 aromatic carbocycles. The third kappa shape index (κ3) is 4.96. The lowest BCUT2D eigenvalue weighted by Crippen LogP contribution is -2.31. The Balaban J connectivity index is 1.51. The van der Waals surface area contributed by atoms with Gasteiger partial charge in [0.05, 0.1) is 17.3 Å². The fourth-order valence-electron chi connectivity index (χ4n) is 3.34. The number of alkyl halides is 3. The van der Waals surface area contributed by atoms with Crippen LogP contribution in [0.25, 0.3) is 0 Å². The number of carbonyl (C=O) groups is 1. The molecule has 2 saturated carbocycles. The van der Waals surface area contributed by atoms with Gasteiger partial charge in [0.25, 0.3) is 5.91 Å². The Kier molecular flexibility index (Phi) is 5.78. The number of nitrogens with one attached hydrogen (secondary N) is 1. The first-order valence-corrected chi connectivity index (χ1v) is 11.1. The molecule has 2 aromatic rings. The minimum Gasteiger partial charge on any atom is -0.342 e. The number of amides is 1. The molecular weight excluding hydrogens is 415 g/mol. The lowest BCUT2D eigenvalue weighted by atomic mass is 10.1. The van der Waals surface area contributed by atoms with Crippen LogP contribution in [-0.2, 0) is 13.2 Å². The van der Waals surface area contributed by atoms with Crippen molar-refractivity contribution in [3.63, 3.8) is 0 Å². The molecule has 2 aromatic heterocycles. The molecule has 1 amide bonds. The summed E-state index contributed by atoms with van der Waals surface area (Å²) in [7, 11) is 1.89. The van der Waals surface area contributed by atoms with Gasteiger partial charge in [0.15, 0.2) is 11.0 Å². The second-order valence-electron chi connectivity index (χ2n) is 8.19. The summed E-state index contributed by atoms with van der Waals surface area (Å²) < 4.78 is 40.5. The lowest BCUT2D eigenvalue weighted by Gasteiger charge is -2.19. The lowest BCUT2D eigenvalue weighted by molar-refractivity contribution is -0.141. The molecule has 2 aliphatic rings. The number of thioether (sulfide) groups is 1. The molecular formula is C20H24F3N5OS. The van der Waals surface area contributed by atoms with Crippen molar-refractivity contribution in [1.82, 2.24) is 25.1 Å². The fourth-order valence-corrected chi connectivity index (χ4v) is 4.45. The number of carbonyl (C=O) groups excluding carboxylic acids is 1. The average molecular weight is 440 g/mol. The third-order valence-corrected chi connectivity index (χ3v) is 6.77. The first-order valence-electron chi connectivity index (χ1n) is 10.1. The summed E-state index contributed by atoms with van der Waals surface area (Å²) in [6.45, 7) is 1.41. The maximum atomic E-state index is 12.9. The van der Waals surface area contributed by atoms with E-state index < -0.39 is 17.8 Å². The molecule has 10 heteroatoms. The van der Waals surface area contributed by atoms with Crippen molar-refractivity contribution in [2.75, 3.05) is 5.75 Å². The highest BCUT2D eigenvalue weighted by Gasteiger charge is 2.34. The van der Waals surface area contributed by atoms with Crippen LogP contribution in [0.4, 0.5) is 13.2 Å². The summed E-state index contributed by atoms with van der Waals surface area (Å²) >= 11 is 1.67. The van der Waals surface area contributed by atoms with Crippen molar-refractivity contribution in [2.24, 2.45) is 18.9 Å². The Bertz CT molecular complexity index is 937. The Labute approximate surface area is 177 Å². The fraction of sp³-hybridized carbons (Fsp3) is 0.600. The molecule has 0 bridgehead atoms. The molecule has 162 valence electrons. The summed E-state index contributed by atoms with van der Waals surface area (Å²) in [5.74, 6) is 2.51. The van der Waals surface area contributed by atoms with Crippen LogP contribution in [-0.4, -0.2) is 31.4 Å². The van der Waals surface area contributed by atoms with E-state index in [1.165, 1.54) is 25.8 Å². The Morgan fingerprint density at radius 2 is 1.93 bits per heavy atom. The highest BCUT2D eigenvalue weighted by atomic mass is 32.2. The van der Waals surface area contributed by atoms with Crippen LogP contribution < -0.4 is 5.32 Å². The Hall–Kier alpha value is -2.10. The van der Waals surface area contributed by atoms with Gasteiger partial charge in [0.2, 0.25) is 0 Å². The van der Waals surface area contributed by atoms with E-state index >= 15 is 0 Å². The van der Waals surface area contributed by atoms with Gasteiger partial charge in [-0.1, -0.05) is 24.6 Å². The summed E-state index contributed by atoms with van der Waals surface area (Å²) in [5.41, 5.74) is -0.822. The van der Waals surface area contributed by atoms with Crippen LogP contribution in [0.1, 0.15) is 65.7 Å². The number of rotatable bonds is 8. The number of hydrogen-bond donors (Lipinski definition) is 1. The zero-order valence-electron chi connectivity index (χ0n) is 16.9. The van der Waals surface area contributed by atoms with Gasteiger partial charge in [0.1, 0.15) is 5.69 Å². The van der Waals surface area contributed by atoms with Crippen LogP contribution in [0.2, 0.25) is 0 Å². The van der Waals surface area contributed by atoms with Gasteiger partial charge in [0, 0.05) is 12.8 Å². The molecule has 0 radical (unpaired) electrons. The van der Waals surface area contributed by atoms with E-state index in [2.05, 4.69) is 20.5 Å². The summed E-state index contributed by atoms with van der Waals surface area (Å²) in [6.07, 6.45) is 0.930. The number of nitrogens with zero attached hydrogens (tertiary/aromatic N) is 4. The van der Waals surface area contributed by atoms with Crippen LogP contribution >= 0.6 is 11.8 Å². The second-order valence-corrected chi connectivity index (χ2v) is 9.17. The monoisotopic (exact) mass is 439 g/mol. The standard InChI is InChI=1S/C20H24F3N5OS/c1-11-14(7-8-16(24-11)20(21,22)23)18(29)25-15(9-12-3-4-12)17-26-27-19(28(17)2)30-10-13-5-6-13/h7-8,12-13,15H,3-6,9-10H2,1-2H3,(H,25,29). The zero-order valence-corrected chi connectivity index (χ0v) is 17.7. The maximum absolute atomic E-state index is 12.9. The van der Waals surface area contributed by atoms with Crippen molar-refractivity contribution < 1.29 is 18.0 Å². The summed E-state index contributed by atoms with van der Waals surface area (Å²) in [4.78, 5) is 16.4. The smallest absolute Gasteiger partial charge is 0.342 e. The highest BCUT2D eigenvalue weighted by Crippen LogP contribution is 2.39. The van der Waals surface area contributed by atoms with Gasteiger partial charge in [-0.2, -0.15) is 13.2 Å². The number of aryl methyl sites for hydroxylation is 1. The van der Waals surface area contributed by atoms with Crippen molar-refractivity contribution in [2.45, 2.75) is 56.4 Å². The van der Waals surface area contributed by atoms with E-state index in [0.29, 0.717) is 11.7 Å². The Morgan fingerprint density at radius 1 is 1.23 bits per heavy atom. The molecule has 1 atom stereocenters. The van der Waals surface area contributed by atoms with Crippen LogP contribution in [0.3, 0.4) is 0 Å². The van der Waals surface area contributed by atoms with Gasteiger partial charge in [-0.05, 0) is 50.2 Å². The number of aromatic nitrogens is 4. The van der Waals surface area contributed by atoms with Crippen LogP contribution in [0.15, 0.2) is 17.3 Å². The third-order valence-electron chi connectivity index (χ3n) is 5.52. The van der Waals surface area contributed by atoms with E-state index in [4.69, 9.17) is 0 Å². The molecule has 1 N–H and O–H groups in total. The van der Waals surface area contributed by atoms with E-state index in [-0.39, 0.29) is 17.3 Å². The van der Waals surface area contributed by atoms with Gasteiger partial charge in [-0.3, -0.25) is 4.79 Å². The number of halogens is 3. The minimum absolute atomic E-state index is 0.0474. The van der Waals surface area contributed by atoms with E-state index in [9.17, 15) is 18.0 Å². The van der Waals surface area contributed by atoms with Crippen molar-refractivity contribution in [3.05, 3.63) is 34.9 Å². The number of hydrogen-bond acceptors (Lipinski definition) is 5. The quantitative estimate of drug-likeness (QED) is 0.621. The average Bonchev–Trinajstić information content (AvgIpc) is 3.60. The van der Waals surface area contributed by atoms with Crippen LogP contribution in [0.5, 0.6) is 0 Å². The van der Waals surface area contributed by atoms with Crippen LogP contribution in [0, 0.1) is 18.8 Å². The molecule has 30 heavy (non-hydrogen) atoms. The molecule has 2 aliphatic carbocycles. The molecule has 0 saturated heterocycles. The molecule has 0 aliphatic heterocycles. The van der Waals surface area contributed by atoms with Crippen molar-refractivity contribution >= 4 is 17.7 Å². The topological polar surface area (TPSA) is 72.7 Å². The summed E-state index contributed by atoms with van der Waals surface area (Å²) in [5, 5.41) is 12.4. The van der Waals surface area contributed by atoms with Gasteiger partial charge < -0.3 is 9.88 Å². The van der Waals surface area contributed by atoms with E-state index in [0.717, 1.165) is 42.2 Å². The molecule has 2 fully saturated rings. The molecule has 4 rings (SSSR count). The predicted octanol–water partition coefficient (Wildman–Crippen LogP) is 4.31. The van der Waals surface area contributed by atoms with E-state index in [1.807, 2.05) is 11.6 Å². The van der Waals surface area contributed by atoms with E-state index in [1.54, 1.807) is 11.8 Å². The molecule has 6 nitrogen and oxygen atoms in total. The van der Waals surface area contributed by atoms with Gasteiger partial charge in [-0.25, -0.2) is 4.98 Å². The first-order chi connectivity index (χ1) is 14.2.